The zero-order chi connectivity index (χ0) is 19.3. The Morgan fingerprint density at radius 1 is 1.12 bits per heavy atom. The summed E-state index contributed by atoms with van der Waals surface area (Å²) >= 11 is 3.20. The van der Waals surface area contributed by atoms with Gasteiger partial charge in [0.15, 0.2) is 6.29 Å². The van der Waals surface area contributed by atoms with Crippen LogP contribution in [0.5, 0.6) is 0 Å². The molecule has 0 N–H and O–H groups in total. The van der Waals surface area contributed by atoms with Crippen LogP contribution in [0.2, 0.25) is 0 Å². The van der Waals surface area contributed by atoms with E-state index in [1.165, 1.54) is 32.4 Å². The van der Waals surface area contributed by atoms with Crippen molar-refractivity contribution in [3.63, 3.8) is 0 Å². The first-order valence-corrected chi connectivity index (χ1v) is 10.1. The van der Waals surface area contributed by atoms with Crippen molar-refractivity contribution in [2.45, 2.75) is 24.7 Å². The van der Waals surface area contributed by atoms with Crippen molar-refractivity contribution in [2.75, 3.05) is 20.8 Å². The van der Waals surface area contributed by atoms with Crippen LogP contribution in [0.15, 0.2) is 51.8 Å². The summed E-state index contributed by atoms with van der Waals surface area (Å²) < 4.78 is 52.4. The number of hydrogen-bond donors (Lipinski definition) is 0. The minimum absolute atomic E-state index is 0.0707. The quantitative estimate of drug-likeness (QED) is 0.581. The molecule has 0 bridgehead atoms. The second-order valence-electron chi connectivity index (χ2n) is 5.75. The summed E-state index contributed by atoms with van der Waals surface area (Å²) in [5.74, 6) is -0.491. The Labute approximate surface area is 161 Å². The lowest BCUT2D eigenvalue weighted by Crippen LogP contribution is -2.38. The Morgan fingerprint density at radius 2 is 1.73 bits per heavy atom. The first-order chi connectivity index (χ1) is 12.3. The van der Waals surface area contributed by atoms with Crippen molar-refractivity contribution in [1.82, 2.24) is 4.31 Å². The lowest BCUT2D eigenvalue weighted by Gasteiger charge is -2.26. The topological polar surface area (TPSA) is 55.8 Å². The van der Waals surface area contributed by atoms with Gasteiger partial charge in [0.2, 0.25) is 10.0 Å². The molecule has 0 unspecified atom stereocenters. The Morgan fingerprint density at radius 3 is 2.27 bits per heavy atom. The predicted octanol–water partition coefficient (Wildman–Crippen LogP) is 3.71. The molecule has 142 valence electrons. The standard InChI is InChI=1S/C18H21BrFNO4S/c1-13-4-8-16(9-5-13)26(22,23)21(12-18(24-2)25-3)11-14-6-7-15(19)10-17(14)20/h4-10,18H,11-12H2,1-3H3. The molecule has 0 aliphatic carbocycles. The molecular weight excluding hydrogens is 425 g/mol. The highest BCUT2D eigenvalue weighted by molar-refractivity contribution is 9.10. The van der Waals surface area contributed by atoms with Gasteiger partial charge in [0.05, 0.1) is 11.4 Å². The Balaban J connectivity index is 2.40. The number of rotatable bonds is 8. The highest BCUT2D eigenvalue weighted by Crippen LogP contribution is 2.22. The smallest absolute Gasteiger partial charge is 0.243 e. The molecule has 2 rings (SSSR count). The van der Waals surface area contributed by atoms with Gasteiger partial charge >= 0.3 is 0 Å². The molecular formula is C18H21BrFNO4S. The van der Waals surface area contributed by atoms with E-state index in [1.807, 2.05) is 6.92 Å². The van der Waals surface area contributed by atoms with E-state index in [-0.39, 0.29) is 23.5 Å². The van der Waals surface area contributed by atoms with Crippen LogP contribution < -0.4 is 0 Å². The van der Waals surface area contributed by atoms with E-state index >= 15 is 0 Å². The molecule has 0 saturated heterocycles. The molecule has 0 amide bonds. The largest absolute Gasteiger partial charge is 0.354 e. The van der Waals surface area contributed by atoms with Gasteiger partial charge < -0.3 is 9.47 Å². The van der Waals surface area contributed by atoms with Crippen LogP contribution in [-0.4, -0.2) is 39.8 Å². The molecule has 0 aliphatic heterocycles. The maximum Gasteiger partial charge on any atom is 0.243 e. The van der Waals surface area contributed by atoms with Gasteiger partial charge in [0, 0.05) is 30.8 Å². The Hall–Kier alpha value is -1.32. The third kappa shape index (κ3) is 5.11. The van der Waals surface area contributed by atoms with Crippen molar-refractivity contribution >= 4 is 26.0 Å². The summed E-state index contributed by atoms with van der Waals surface area (Å²) in [6, 6.07) is 11.0. The van der Waals surface area contributed by atoms with Crippen LogP contribution in [0.3, 0.4) is 0 Å². The van der Waals surface area contributed by atoms with Gasteiger partial charge in [-0.2, -0.15) is 4.31 Å². The molecule has 0 atom stereocenters. The fourth-order valence-electron chi connectivity index (χ4n) is 2.36. The van der Waals surface area contributed by atoms with Gasteiger partial charge in [-0.15, -0.1) is 0 Å². The monoisotopic (exact) mass is 445 g/mol. The zero-order valence-corrected chi connectivity index (χ0v) is 17.2. The second kappa shape index (κ2) is 9.05. The van der Waals surface area contributed by atoms with Crippen LogP contribution >= 0.6 is 15.9 Å². The summed E-state index contributed by atoms with van der Waals surface area (Å²) in [6.07, 6.45) is -0.770. The van der Waals surface area contributed by atoms with E-state index < -0.39 is 22.1 Å². The number of nitrogens with zero attached hydrogens (tertiary/aromatic N) is 1. The molecule has 8 heteroatoms. The van der Waals surface area contributed by atoms with Gasteiger partial charge in [-0.1, -0.05) is 39.7 Å². The number of hydrogen-bond acceptors (Lipinski definition) is 4. The van der Waals surface area contributed by atoms with Crippen molar-refractivity contribution in [3.8, 4) is 0 Å². The van der Waals surface area contributed by atoms with Gasteiger partial charge in [-0.3, -0.25) is 0 Å². The Bertz CT molecular complexity index is 839. The van der Waals surface area contributed by atoms with E-state index in [9.17, 15) is 12.8 Å². The minimum Gasteiger partial charge on any atom is -0.354 e. The molecule has 0 fully saturated rings. The van der Waals surface area contributed by atoms with E-state index in [2.05, 4.69) is 15.9 Å². The molecule has 26 heavy (non-hydrogen) atoms. The molecule has 0 aliphatic rings. The summed E-state index contributed by atoms with van der Waals surface area (Å²) in [5.41, 5.74) is 1.20. The van der Waals surface area contributed by atoms with Gasteiger partial charge in [-0.25, -0.2) is 12.8 Å². The SMILES string of the molecule is COC(CN(Cc1ccc(Br)cc1F)S(=O)(=O)c1ccc(C)cc1)OC. The van der Waals surface area contributed by atoms with E-state index in [4.69, 9.17) is 9.47 Å². The van der Waals surface area contributed by atoms with Gasteiger partial charge in [0.1, 0.15) is 5.82 Å². The second-order valence-corrected chi connectivity index (χ2v) is 8.60. The van der Waals surface area contributed by atoms with E-state index in [0.717, 1.165) is 9.87 Å². The minimum atomic E-state index is -3.86. The third-order valence-electron chi connectivity index (χ3n) is 3.90. The van der Waals surface area contributed by atoms with Crippen LogP contribution in [0.1, 0.15) is 11.1 Å². The fourth-order valence-corrected chi connectivity index (χ4v) is 4.10. The lowest BCUT2D eigenvalue weighted by molar-refractivity contribution is -0.108. The van der Waals surface area contributed by atoms with Gasteiger partial charge in [0.25, 0.3) is 0 Å². The van der Waals surface area contributed by atoms with Crippen molar-refractivity contribution < 1.29 is 22.3 Å². The van der Waals surface area contributed by atoms with Crippen LogP contribution in [0, 0.1) is 12.7 Å². The number of halogens is 2. The Kier molecular flexibility index (Phi) is 7.31. The average molecular weight is 446 g/mol. The average Bonchev–Trinajstić information content (AvgIpc) is 2.60. The van der Waals surface area contributed by atoms with E-state index in [0.29, 0.717) is 4.47 Å². The fraction of sp³-hybridized carbons (Fsp3) is 0.333. The highest BCUT2D eigenvalue weighted by Gasteiger charge is 2.28. The lowest BCUT2D eigenvalue weighted by atomic mass is 10.2. The molecule has 2 aromatic carbocycles. The molecule has 0 aromatic heterocycles. The number of ether oxygens (including phenoxy) is 2. The van der Waals surface area contributed by atoms with Crippen LogP contribution in [-0.2, 0) is 26.0 Å². The summed E-state index contributed by atoms with van der Waals surface area (Å²) in [4.78, 5) is 0.131. The first kappa shape index (κ1) is 21.0. The summed E-state index contributed by atoms with van der Waals surface area (Å²) in [7, 11) is -1.02. The molecule has 0 saturated carbocycles. The number of sulfonamides is 1. The number of benzene rings is 2. The first-order valence-electron chi connectivity index (χ1n) is 7.84. The molecule has 0 radical (unpaired) electrons. The molecule has 5 nitrogen and oxygen atoms in total. The predicted molar refractivity (Wildman–Crippen MR) is 101 cm³/mol. The highest BCUT2D eigenvalue weighted by atomic mass is 79.9. The van der Waals surface area contributed by atoms with Crippen molar-refractivity contribution in [3.05, 3.63) is 63.9 Å². The van der Waals surface area contributed by atoms with Gasteiger partial charge in [-0.05, 0) is 31.2 Å². The number of methoxy groups -OCH3 is 2. The maximum absolute atomic E-state index is 14.2. The number of aryl methyl sites for hydroxylation is 1. The third-order valence-corrected chi connectivity index (χ3v) is 6.22. The van der Waals surface area contributed by atoms with Crippen molar-refractivity contribution in [1.29, 1.82) is 0 Å². The van der Waals surface area contributed by atoms with Crippen molar-refractivity contribution in [2.24, 2.45) is 0 Å². The molecule has 0 spiro atoms. The maximum atomic E-state index is 14.2. The van der Waals surface area contributed by atoms with E-state index in [1.54, 1.807) is 24.3 Å². The van der Waals surface area contributed by atoms with Crippen LogP contribution in [0.4, 0.5) is 4.39 Å². The summed E-state index contributed by atoms with van der Waals surface area (Å²) in [5, 5.41) is 0. The molecule has 2 aromatic rings. The van der Waals surface area contributed by atoms with Crippen LogP contribution in [0.25, 0.3) is 0 Å². The zero-order valence-electron chi connectivity index (χ0n) is 14.8. The normalized spacial score (nSPS) is 12.1. The summed E-state index contributed by atoms with van der Waals surface area (Å²) in [6.45, 7) is 1.66. The molecule has 0 heterocycles.